The summed E-state index contributed by atoms with van der Waals surface area (Å²) in [6.07, 6.45) is 2.62. The predicted octanol–water partition coefficient (Wildman–Crippen LogP) is 2.40. The Balaban J connectivity index is 2.80. The molecule has 0 saturated carbocycles. The number of methoxy groups -OCH3 is 1. The molecule has 3 atom stereocenters. The number of ether oxygens (including phenoxy) is 1. The Kier molecular flexibility index (Phi) is 6.30. The number of hydrogen-bond donors (Lipinski definition) is 1. The minimum atomic E-state index is -0.545. The van der Waals surface area contributed by atoms with E-state index >= 15 is 0 Å². The third-order valence-electron chi connectivity index (χ3n) is 4.27. The van der Waals surface area contributed by atoms with Crippen molar-refractivity contribution in [2.24, 2.45) is 11.8 Å². The normalized spacial score (nSPS) is 21.7. The average Bonchev–Trinajstić information content (AvgIpc) is 2.91. The maximum Gasteiger partial charge on any atom is 0.407 e. The number of nitrogens with one attached hydrogen (secondary N) is 1. The molecule has 0 aromatic rings. The van der Waals surface area contributed by atoms with Gasteiger partial charge in [-0.1, -0.05) is 34.1 Å². The second kappa shape index (κ2) is 7.50. The van der Waals surface area contributed by atoms with Gasteiger partial charge in [0.1, 0.15) is 6.04 Å². The Labute approximate surface area is 122 Å². The molecule has 0 radical (unpaired) electrons. The zero-order valence-electron chi connectivity index (χ0n) is 13.3. The summed E-state index contributed by atoms with van der Waals surface area (Å²) in [7, 11) is 1.31. The fourth-order valence-corrected chi connectivity index (χ4v) is 2.81. The summed E-state index contributed by atoms with van der Waals surface area (Å²) in [5.74, 6) is 0.556. The van der Waals surface area contributed by atoms with Gasteiger partial charge >= 0.3 is 6.09 Å². The van der Waals surface area contributed by atoms with Gasteiger partial charge in [-0.25, -0.2) is 4.79 Å². The van der Waals surface area contributed by atoms with E-state index in [0.717, 1.165) is 25.8 Å². The molecule has 0 aliphatic carbocycles. The Morgan fingerprint density at radius 2 is 2.00 bits per heavy atom. The Hall–Kier alpha value is -1.26. The van der Waals surface area contributed by atoms with E-state index in [-0.39, 0.29) is 11.8 Å². The van der Waals surface area contributed by atoms with E-state index in [2.05, 4.69) is 23.9 Å². The number of amides is 2. The largest absolute Gasteiger partial charge is 0.453 e. The summed E-state index contributed by atoms with van der Waals surface area (Å²) in [5, 5.41) is 2.67. The van der Waals surface area contributed by atoms with Crippen LogP contribution in [0, 0.1) is 11.8 Å². The number of carbonyl (C=O) groups is 2. The SMILES string of the molecule is CCC(C)C1CCCN1C(=O)C(NC(=O)OC)C(C)C. The molecule has 1 saturated heterocycles. The molecule has 3 unspecified atom stereocenters. The van der Waals surface area contributed by atoms with E-state index in [0.29, 0.717) is 12.0 Å². The van der Waals surface area contributed by atoms with E-state index in [9.17, 15) is 9.59 Å². The van der Waals surface area contributed by atoms with Crippen LogP contribution in [0.15, 0.2) is 0 Å². The highest BCUT2D eigenvalue weighted by Gasteiger charge is 2.37. The third kappa shape index (κ3) is 3.87. The standard InChI is InChI=1S/C15H28N2O3/c1-6-11(4)12-8-7-9-17(12)14(18)13(10(2)3)16-15(19)20-5/h10-13H,6-9H2,1-5H3,(H,16,19). The zero-order chi connectivity index (χ0) is 15.3. The molecule has 116 valence electrons. The van der Waals surface area contributed by atoms with E-state index in [1.807, 2.05) is 18.7 Å². The number of likely N-dealkylation sites (tertiary alicyclic amines) is 1. The minimum absolute atomic E-state index is 0.0215. The van der Waals surface area contributed by atoms with Gasteiger partial charge < -0.3 is 15.0 Å². The summed E-state index contributed by atoms with van der Waals surface area (Å²) in [4.78, 5) is 26.1. The Morgan fingerprint density at radius 3 is 2.50 bits per heavy atom. The molecular weight excluding hydrogens is 256 g/mol. The first kappa shape index (κ1) is 16.8. The van der Waals surface area contributed by atoms with Crippen LogP contribution in [0.4, 0.5) is 4.79 Å². The topological polar surface area (TPSA) is 58.6 Å². The molecule has 1 N–H and O–H groups in total. The molecule has 0 aromatic carbocycles. The van der Waals surface area contributed by atoms with Crippen molar-refractivity contribution in [2.45, 2.75) is 59.0 Å². The molecule has 1 aliphatic rings. The second-order valence-electron chi connectivity index (χ2n) is 5.98. The molecule has 0 aromatic heterocycles. The number of hydrogen-bond acceptors (Lipinski definition) is 3. The van der Waals surface area contributed by atoms with E-state index < -0.39 is 12.1 Å². The molecule has 1 aliphatic heterocycles. The van der Waals surface area contributed by atoms with Crippen LogP contribution in [0.2, 0.25) is 0 Å². The lowest BCUT2D eigenvalue weighted by Crippen LogP contribution is -2.53. The van der Waals surface area contributed by atoms with E-state index in [1.54, 1.807) is 0 Å². The van der Waals surface area contributed by atoms with Crippen LogP contribution in [0.5, 0.6) is 0 Å². The minimum Gasteiger partial charge on any atom is -0.453 e. The van der Waals surface area contributed by atoms with Crippen molar-refractivity contribution in [3.05, 3.63) is 0 Å². The summed E-state index contributed by atoms with van der Waals surface area (Å²) in [6, 6.07) is -0.208. The molecule has 5 heteroatoms. The van der Waals surface area contributed by atoms with E-state index in [4.69, 9.17) is 0 Å². The van der Waals surface area contributed by atoms with Crippen molar-refractivity contribution in [2.75, 3.05) is 13.7 Å². The first-order chi connectivity index (χ1) is 9.42. The lowest BCUT2D eigenvalue weighted by atomic mass is 9.95. The van der Waals surface area contributed by atoms with Gasteiger partial charge in [0.25, 0.3) is 0 Å². The van der Waals surface area contributed by atoms with Crippen LogP contribution in [-0.2, 0) is 9.53 Å². The molecule has 1 heterocycles. The monoisotopic (exact) mass is 284 g/mol. The lowest BCUT2D eigenvalue weighted by Gasteiger charge is -2.33. The lowest BCUT2D eigenvalue weighted by molar-refractivity contribution is -0.136. The molecular formula is C15H28N2O3. The molecule has 2 amide bonds. The highest BCUT2D eigenvalue weighted by atomic mass is 16.5. The van der Waals surface area contributed by atoms with Gasteiger partial charge in [0, 0.05) is 12.6 Å². The van der Waals surface area contributed by atoms with Crippen molar-refractivity contribution in [1.82, 2.24) is 10.2 Å². The first-order valence-electron chi connectivity index (χ1n) is 7.57. The Morgan fingerprint density at radius 1 is 1.35 bits per heavy atom. The van der Waals surface area contributed by atoms with Crippen molar-refractivity contribution in [1.29, 1.82) is 0 Å². The van der Waals surface area contributed by atoms with Gasteiger partial charge in [-0.15, -0.1) is 0 Å². The van der Waals surface area contributed by atoms with Crippen molar-refractivity contribution < 1.29 is 14.3 Å². The molecule has 0 spiro atoms. The first-order valence-corrected chi connectivity index (χ1v) is 7.57. The molecule has 1 rings (SSSR count). The molecule has 5 nitrogen and oxygen atoms in total. The quantitative estimate of drug-likeness (QED) is 0.843. The van der Waals surface area contributed by atoms with Crippen LogP contribution in [0.1, 0.15) is 47.0 Å². The van der Waals surface area contributed by atoms with Crippen LogP contribution in [-0.4, -0.2) is 42.6 Å². The summed E-state index contributed by atoms with van der Waals surface area (Å²) < 4.78 is 4.62. The summed E-state index contributed by atoms with van der Waals surface area (Å²) >= 11 is 0. The van der Waals surface area contributed by atoms with Gasteiger partial charge in [0.05, 0.1) is 7.11 Å². The molecule has 20 heavy (non-hydrogen) atoms. The van der Waals surface area contributed by atoms with Crippen LogP contribution in [0.25, 0.3) is 0 Å². The summed E-state index contributed by atoms with van der Waals surface area (Å²) in [5.41, 5.74) is 0. The second-order valence-corrected chi connectivity index (χ2v) is 5.98. The number of nitrogens with zero attached hydrogens (tertiary/aromatic N) is 1. The fraction of sp³-hybridized carbons (Fsp3) is 0.867. The fourth-order valence-electron chi connectivity index (χ4n) is 2.81. The summed E-state index contributed by atoms with van der Waals surface area (Å²) in [6.45, 7) is 9.01. The average molecular weight is 284 g/mol. The number of alkyl carbamates (subject to hydrolysis) is 1. The molecule has 0 bridgehead atoms. The smallest absolute Gasteiger partial charge is 0.407 e. The van der Waals surface area contributed by atoms with Crippen molar-refractivity contribution in [3.63, 3.8) is 0 Å². The van der Waals surface area contributed by atoms with Crippen LogP contribution < -0.4 is 5.32 Å². The van der Waals surface area contributed by atoms with Gasteiger partial charge in [-0.05, 0) is 24.7 Å². The van der Waals surface area contributed by atoms with Gasteiger partial charge in [-0.2, -0.15) is 0 Å². The van der Waals surface area contributed by atoms with Gasteiger partial charge in [-0.3, -0.25) is 4.79 Å². The number of carbonyl (C=O) groups excluding carboxylic acids is 2. The van der Waals surface area contributed by atoms with Crippen LogP contribution in [0.3, 0.4) is 0 Å². The third-order valence-corrected chi connectivity index (χ3v) is 4.27. The highest BCUT2D eigenvalue weighted by Crippen LogP contribution is 2.27. The van der Waals surface area contributed by atoms with Crippen molar-refractivity contribution >= 4 is 12.0 Å². The highest BCUT2D eigenvalue weighted by molar-refractivity contribution is 5.86. The maximum absolute atomic E-state index is 12.7. The van der Waals surface area contributed by atoms with Crippen LogP contribution >= 0.6 is 0 Å². The predicted molar refractivity (Wildman–Crippen MR) is 78.4 cm³/mol. The number of rotatable bonds is 5. The Bertz CT molecular complexity index is 344. The zero-order valence-corrected chi connectivity index (χ0v) is 13.3. The van der Waals surface area contributed by atoms with Crippen molar-refractivity contribution in [3.8, 4) is 0 Å². The molecule has 1 fully saturated rings. The van der Waals surface area contributed by atoms with Gasteiger partial charge in [0.15, 0.2) is 0 Å². The maximum atomic E-state index is 12.7. The van der Waals surface area contributed by atoms with E-state index in [1.165, 1.54) is 7.11 Å². The van der Waals surface area contributed by atoms with Gasteiger partial charge in [0.2, 0.25) is 5.91 Å².